The molecule has 4 heteroatoms. The smallest absolute Gasteiger partial charge is 0.256 e. The van der Waals surface area contributed by atoms with Gasteiger partial charge in [0.25, 0.3) is 5.91 Å². The number of hydrogen-bond donors (Lipinski definition) is 2. The van der Waals surface area contributed by atoms with Crippen molar-refractivity contribution in [2.45, 2.75) is 20.8 Å². The van der Waals surface area contributed by atoms with Gasteiger partial charge >= 0.3 is 0 Å². The molecule has 2 N–H and O–H groups in total. The minimum atomic E-state index is -0.0693. The number of amides is 1. The Labute approximate surface area is 112 Å². The first-order valence-electron chi connectivity index (χ1n) is 6.36. The second-order valence-corrected chi connectivity index (χ2v) is 4.07. The van der Waals surface area contributed by atoms with Gasteiger partial charge in [-0.3, -0.25) is 4.79 Å². The summed E-state index contributed by atoms with van der Waals surface area (Å²) >= 11 is 0. The molecule has 0 radical (unpaired) electrons. The molecule has 3 rings (SSSR count). The van der Waals surface area contributed by atoms with Gasteiger partial charge in [0.05, 0.1) is 23.8 Å². The van der Waals surface area contributed by atoms with Gasteiger partial charge in [-0.15, -0.1) is 0 Å². The van der Waals surface area contributed by atoms with E-state index in [2.05, 4.69) is 15.3 Å². The maximum absolute atomic E-state index is 11.9. The molecule has 0 unspecified atom stereocenters. The third-order valence-electron chi connectivity index (χ3n) is 2.78. The second kappa shape index (κ2) is 5.52. The molecule has 4 nitrogen and oxygen atoms in total. The van der Waals surface area contributed by atoms with Gasteiger partial charge in [-0.2, -0.15) is 0 Å². The zero-order chi connectivity index (χ0) is 13.8. The molecule has 1 aromatic heterocycles. The van der Waals surface area contributed by atoms with E-state index in [0.717, 1.165) is 22.5 Å². The Hall–Kier alpha value is -2.36. The molecule has 0 spiro atoms. The number of carbonyl (C=O) groups is 1. The molecule has 2 heterocycles. The van der Waals surface area contributed by atoms with Crippen LogP contribution in [-0.2, 0) is 4.79 Å². The lowest BCUT2D eigenvalue weighted by Crippen LogP contribution is -2.03. The number of H-pyrrole nitrogens is 1. The summed E-state index contributed by atoms with van der Waals surface area (Å²) < 4.78 is 0. The summed E-state index contributed by atoms with van der Waals surface area (Å²) in [4.78, 5) is 18.7. The van der Waals surface area contributed by atoms with E-state index in [0.29, 0.717) is 5.57 Å². The largest absolute Gasteiger partial charge is 0.345 e. The summed E-state index contributed by atoms with van der Waals surface area (Å²) in [5.41, 5.74) is 4.44. The van der Waals surface area contributed by atoms with Crippen LogP contribution < -0.4 is 5.32 Å². The third kappa shape index (κ3) is 2.57. The molecule has 0 saturated carbocycles. The summed E-state index contributed by atoms with van der Waals surface area (Å²) in [6.45, 7) is 6.00. The number of aromatic nitrogens is 2. The molecule has 1 aliphatic heterocycles. The Kier molecular flexibility index (Phi) is 3.80. The topological polar surface area (TPSA) is 57.8 Å². The van der Waals surface area contributed by atoms with Gasteiger partial charge in [0.15, 0.2) is 0 Å². The molecule has 0 atom stereocenters. The average Bonchev–Trinajstić information content (AvgIpc) is 3.01. The zero-order valence-corrected chi connectivity index (χ0v) is 11.3. The minimum Gasteiger partial charge on any atom is -0.345 e. The second-order valence-electron chi connectivity index (χ2n) is 4.07. The fourth-order valence-corrected chi connectivity index (χ4v) is 1.95. The van der Waals surface area contributed by atoms with Gasteiger partial charge in [-0.25, -0.2) is 4.98 Å². The summed E-state index contributed by atoms with van der Waals surface area (Å²) in [6, 6.07) is 5.94. The van der Waals surface area contributed by atoms with Crippen LogP contribution in [0.5, 0.6) is 0 Å². The van der Waals surface area contributed by atoms with Crippen molar-refractivity contribution < 1.29 is 4.79 Å². The van der Waals surface area contributed by atoms with Crippen LogP contribution in [0.4, 0.5) is 5.69 Å². The van der Waals surface area contributed by atoms with Gasteiger partial charge < -0.3 is 10.3 Å². The number of fused-ring (bicyclic) bond motifs is 1. The van der Waals surface area contributed by atoms with Crippen molar-refractivity contribution in [1.82, 2.24) is 9.97 Å². The molecule has 2 aromatic rings. The molecule has 1 amide bonds. The molecule has 0 saturated heterocycles. The molecule has 98 valence electrons. The Morgan fingerprint density at radius 3 is 2.74 bits per heavy atom. The fourth-order valence-electron chi connectivity index (χ4n) is 1.95. The van der Waals surface area contributed by atoms with E-state index < -0.39 is 0 Å². The molecule has 0 fully saturated rings. The maximum atomic E-state index is 11.9. The van der Waals surface area contributed by atoms with Crippen molar-refractivity contribution in [1.29, 1.82) is 0 Å². The Bertz CT molecular complexity index is 612. The van der Waals surface area contributed by atoms with Gasteiger partial charge in [-0.05, 0) is 24.6 Å². The molecule has 0 aliphatic carbocycles. The highest BCUT2D eigenvalue weighted by atomic mass is 16.2. The summed E-state index contributed by atoms with van der Waals surface area (Å²) in [5.74, 6) is -0.0693. The van der Waals surface area contributed by atoms with E-state index in [1.165, 1.54) is 0 Å². The predicted octanol–water partition coefficient (Wildman–Crippen LogP) is 3.24. The van der Waals surface area contributed by atoms with E-state index in [-0.39, 0.29) is 5.91 Å². The van der Waals surface area contributed by atoms with Crippen molar-refractivity contribution in [3.63, 3.8) is 0 Å². The minimum absolute atomic E-state index is 0.0693. The number of rotatable bonds is 1. The fraction of sp³-hybridized carbons (Fsp3) is 0.200. The highest BCUT2D eigenvalue weighted by molar-refractivity contribution is 6.34. The lowest BCUT2D eigenvalue weighted by atomic mass is 10.0. The Morgan fingerprint density at radius 1 is 1.26 bits per heavy atom. The van der Waals surface area contributed by atoms with Crippen LogP contribution in [0.2, 0.25) is 0 Å². The average molecular weight is 255 g/mol. The summed E-state index contributed by atoms with van der Waals surface area (Å²) in [7, 11) is 0. The number of nitrogens with one attached hydrogen (secondary N) is 2. The van der Waals surface area contributed by atoms with E-state index in [9.17, 15) is 4.79 Å². The van der Waals surface area contributed by atoms with Crippen molar-refractivity contribution >= 4 is 23.2 Å². The number of nitrogens with zero attached hydrogens (tertiary/aromatic N) is 1. The summed E-state index contributed by atoms with van der Waals surface area (Å²) in [6.07, 6.45) is 5.09. The lowest BCUT2D eigenvalue weighted by molar-refractivity contribution is -0.110. The number of hydrogen-bond acceptors (Lipinski definition) is 2. The van der Waals surface area contributed by atoms with Crippen molar-refractivity contribution in [2.24, 2.45) is 0 Å². The molecule has 0 bridgehead atoms. The third-order valence-corrected chi connectivity index (χ3v) is 2.78. The number of aryl methyl sites for hydroxylation is 1. The zero-order valence-electron chi connectivity index (χ0n) is 11.3. The quantitative estimate of drug-likeness (QED) is 0.768. The number of aromatic amines is 1. The highest BCUT2D eigenvalue weighted by Gasteiger charge is 2.23. The van der Waals surface area contributed by atoms with Crippen LogP contribution in [0, 0.1) is 6.92 Å². The van der Waals surface area contributed by atoms with Crippen LogP contribution in [0.15, 0.2) is 30.7 Å². The summed E-state index contributed by atoms with van der Waals surface area (Å²) in [5, 5.41) is 2.86. The van der Waals surface area contributed by atoms with E-state index >= 15 is 0 Å². The van der Waals surface area contributed by atoms with Crippen LogP contribution in [0.1, 0.15) is 30.7 Å². The van der Waals surface area contributed by atoms with E-state index in [1.807, 2.05) is 45.0 Å². The number of benzene rings is 1. The molecule has 1 aromatic carbocycles. The normalized spacial score (nSPS) is 14.7. The van der Waals surface area contributed by atoms with Crippen LogP contribution in [-0.4, -0.2) is 15.9 Å². The van der Waals surface area contributed by atoms with E-state index in [4.69, 9.17) is 0 Å². The van der Waals surface area contributed by atoms with Crippen molar-refractivity contribution in [2.75, 3.05) is 5.32 Å². The molecular weight excluding hydrogens is 238 g/mol. The number of anilines is 1. The van der Waals surface area contributed by atoms with Gasteiger partial charge in [-0.1, -0.05) is 26.0 Å². The molecular formula is C15H17N3O. The SMILES string of the molecule is CC.Cc1ccc2c(c1)NC(=O)/C2=C\c1cnc[nH]1. The van der Waals surface area contributed by atoms with Gasteiger partial charge in [0, 0.05) is 11.3 Å². The molecule has 1 aliphatic rings. The van der Waals surface area contributed by atoms with Crippen LogP contribution >= 0.6 is 0 Å². The van der Waals surface area contributed by atoms with Crippen molar-refractivity contribution in [3.05, 3.63) is 47.5 Å². The Morgan fingerprint density at radius 2 is 2.05 bits per heavy atom. The lowest BCUT2D eigenvalue weighted by Gasteiger charge is -1.99. The first-order chi connectivity index (χ1) is 9.24. The van der Waals surface area contributed by atoms with Gasteiger partial charge in [0.1, 0.15) is 0 Å². The van der Waals surface area contributed by atoms with Crippen LogP contribution in [0.3, 0.4) is 0 Å². The first kappa shape index (κ1) is 13.1. The Balaban J connectivity index is 0.000000637. The number of carbonyl (C=O) groups excluding carboxylic acids is 1. The van der Waals surface area contributed by atoms with Crippen LogP contribution in [0.25, 0.3) is 11.6 Å². The monoisotopic (exact) mass is 255 g/mol. The first-order valence-corrected chi connectivity index (χ1v) is 6.36. The van der Waals surface area contributed by atoms with E-state index in [1.54, 1.807) is 12.5 Å². The molecule has 19 heavy (non-hydrogen) atoms. The van der Waals surface area contributed by atoms with Crippen molar-refractivity contribution in [3.8, 4) is 0 Å². The van der Waals surface area contributed by atoms with Gasteiger partial charge in [0.2, 0.25) is 0 Å². The maximum Gasteiger partial charge on any atom is 0.256 e. The standard InChI is InChI=1S/C13H11N3O.C2H6/c1-8-2-3-10-11(5-9-6-14-7-15-9)13(17)16-12(10)4-8;1-2/h2-7H,1H3,(H,14,15)(H,16,17);1-2H3/b11-5-;. The highest BCUT2D eigenvalue weighted by Crippen LogP contribution is 2.33. The number of imidazole rings is 1. The predicted molar refractivity (Wildman–Crippen MR) is 77.6 cm³/mol.